The van der Waals surface area contributed by atoms with Gasteiger partial charge in [-0.05, 0) is 6.92 Å². The summed E-state index contributed by atoms with van der Waals surface area (Å²) in [4.78, 5) is -0.144. The smallest absolute Gasteiger partial charge is 0.281 e. The number of hydrogen-bond donors (Lipinski definition) is 2. The van der Waals surface area contributed by atoms with Gasteiger partial charge in [-0.3, -0.25) is 5.10 Å². The van der Waals surface area contributed by atoms with Gasteiger partial charge in [0.25, 0.3) is 0 Å². The lowest BCUT2D eigenvalue weighted by Gasteiger charge is -2.07. The molecule has 0 atom stereocenters. The molecule has 1 aromatic heterocycles. The maximum Gasteiger partial charge on any atom is 0.390 e. The van der Waals surface area contributed by atoms with Crippen LogP contribution in [-0.2, 0) is 10.0 Å². The van der Waals surface area contributed by atoms with Crippen molar-refractivity contribution in [2.24, 2.45) is 0 Å². The summed E-state index contributed by atoms with van der Waals surface area (Å²) in [6, 6.07) is 0. The number of aromatic amines is 1. The fourth-order valence-corrected chi connectivity index (χ4v) is 2.18. The normalized spacial score (nSPS) is 13.0. The van der Waals surface area contributed by atoms with Crippen LogP contribution in [0.3, 0.4) is 0 Å². The van der Waals surface area contributed by atoms with Gasteiger partial charge in [0.1, 0.15) is 4.90 Å². The number of halogens is 3. The van der Waals surface area contributed by atoms with Crippen LogP contribution in [0.15, 0.2) is 11.1 Å². The molecule has 2 N–H and O–H groups in total. The fraction of sp³-hybridized carbons (Fsp3) is 0.571. The van der Waals surface area contributed by atoms with Crippen LogP contribution >= 0.6 is 0 Å². The minimum Gasteiger partial charge on any atom is -0.281 e. The molecule has 0 amide bonds. The van der Waals surface area contributed by atoms with Gasteiger partial charge >= 0.3 is 6.18 Å². The third-order valence-electron chi connectivity index (χ3n) is 1.77. The number of H-pyrrole nitrogens is 1. The highest BCUT2D eigenvalue weighted by Gasteiger charge is 2.28. The number of aryl methyl sites for hydroxylation is 1. The fourth-order valence-electron chi connectivity index (χ4n) is 1.02. The lowest BCUT2D eigenvalue weighted by atomic mass is 10.4. The van der Waals surface area contributed by atoms with Gasteiger partial charge in [-0.1, -0.05) is 0 Å². The molecule has 0 radical (unpaired) electrons. The van der Waals surface area contributed by atoms with Crippen molar-refractivity contribution in [3.63, 3.8) is 0 Å². The average Bonchev–Trinajstić information content (AvgIpc) is 2.48. The third-order valence-corrected chi connectivity index (χ3v) is 3.35. The van der Waals surface area contributed by atoms with Gasteiger partial charge in [-0.2, -0.15) is 18.3 Å². The quantitative estimate of drug-likeness (QED) is 0.843. The Kier molecular flexibility index (Phi) is 3.58. The number of nitrogens with zero attached hydrogens (tertiary/aromatic N) is 1. The molecular formula is C7H10F3N3O2S. The van der Waals surface area contributed by atoms with E-state index in [1.807, 2.05) is 4.72 Å². The van der Waals surface area contributed by atoms with Gasteiger partial charge in [0.15, 0.2) is 0 Å². The Labute approximate surface area is 90.1 Å². The number of hydrogen-bond acceptors (Lipinski definition) is 3. The van der Waals surface area contributed by atoms with E-state index in [1.165, 1.54) is 6.92 Å². The molecule has 0 saturated heterocycles. The Bertz CT molecular complexity index is 452. The van der Waals surface area contributed by atoms with Crippen molar-refractivity contribution < 1.29 is 21.6 Å². The molecule has 0 fully saturated rings. The first-order valence-corrected chi connectivity index (χ1v) is 5.77. The van der Waals surface area contributed by atoms with E-state index in [9.17, 15) is 21.6 Å². The van der Waals surface area contributed by atoms with Crippen LogP contribution in [0.25, 0.3) is 0 Å². The maximum atomic E-state index is 11.8. The first kappa shape index (κ1) is 13.0. The summed E-state index contributed by atoms with van der Waals surface area (Å²) in [5.74, 6) is 0. The first-order chi connectivity index (χ1) is 7.22. The zero-order valence-electron chi connectivity index (χ0n) is 8.30. The molecule has 0 saturated carbocycles. The van der Waals surface area contributed by atoms with Gasteiger partial charge < -0.3 is 0 Å². The number of nitrogens with one attached hydrogen (secondary N) is 2. The van der Waals surface area contributed by atoms with Crippen molar-refractivity contribution in [2.45, 2.75) is 24.4 Å². The zero-order valence-corrected chi connectivity index (χ0v) is 9.11. The second kappa shape index (κ2) is 4.42. The predicted octanol–water partition coefficient (Wildman–Crippen LogP) is 0.949. The molecule has 0 aliphatic rings. The summed E-state index contributed by atoms with van der Waals surface area (Å²) in [6.07, 6.45) is -4.54. The summed E-state index contributed by atoms with van der Waals surface area (Å²) in [7, 11) is -3.91. The molecule has 0 spiro atoms. The summed E-state index contributed by atoms with van der Waals surface area (Å²) in [5, 5.41) is 5.87. The minimum atomic E-state index is -4.38. The molecule has 92 valence electrons. The molecule has 9 heteroatoms. The van der Waals surface area contributed by atoms with Crippen LogP contribution in [0.2, 0.25) is 0 Å². The van der Waals surface area contributed by atoms with Gasteiger partial charge in [0.05, 0.1) is 18.3 Å². The van der Waals surface area contributed by atoms with Gasteiger partial charge in [0, 0.05) is 6.54 Å². The van der Waals surface area contributed by atoms with Crippen LogP contribution in [0.5, 0.6) is 0 Å². The van der Waals surface area contributed by atoms with E-state index in [4.69, 9.17) is 0 Å². The highest BCUT2D eigenvalue weighted by atomic mass is 32.2. The van der Waals surface area contributed by atoms with Crippen molar-refractivity contribution in [3.8, 4) is 0 Å². The summed E-state index contributed by atoms with van der Waals surface area (Å²) in [6.45, 7) is 0.780. The van der Waals surface area contributed by atoms with E-state index in [0.29, 0.717) is 0 Å². The summed E-state index contributed by atoms with van der Waals surface area (Å²) in [5.41, 5.74) is 0.277. The molecule has 1 heterocycles. The largest absolute Gasteiger partial charge is 0.390 e. The van der Waals surface area contributed by atoms with E-state index in [1.54, 1.807) is 0 Å². The number of aromatic nitrogens is 2. The van der Waals surface area contributed by atoms with Crippen LogP contribution < -0.4 is 4.72 Å². The number of sulfonamides is 1. The molecule has 5 nitrogen and oxygen atoms in total. The molecule has 0 aromatic carbocycles. The molecule has 1 rings (SSSR count). The second-order valence-electron chi connectivity index (χ2n) is 3.12. The van der Waals surface area contributed by atoms with Crippen molar-refractivity contribution >= 4 is 10.0 Å². The summed E-state index contributed by atoms with van der Waals surface area (Å²) < 4.78 is 60.2. The molecule has 1 aromatic rings. The van der Waals surface area contributed by atoms with Crippen LogP contribution in [0, 0.1) is 6.92 Å². The highest BCUT2D eigenvalue weighted by Crippen LogP contribution is 2.19. The Morgan fingerprint density at radius 1 is 1.50 bits per heavy atom. The lowest BCUT2D eigenvalue weighted by molar-refractivity contribution is -0.132. The van der Waals surface area contributed by atoms with Crippen molar-refractivity contribution in [3.05, 3.63) is 11.9 Å². The number of rotatable bonds is 4. The van der Waals surface area contributed by atoms with E-state index in [0.717, 1.165) is 6.20 Å². The van der Waals surface area contributed by atoms with Gasteiger partial charge in [0.2, 0.25) is 10.0 Å². The Morgan fingerprint density at radius 3 is 2.56 bits per heavy atom. The van der Waals surface area contributed by atoms with E-state index < -0.39 is 29.2 Å². The van der Waals surface area contributed by atoms with Crippen LogP contribution in [0.4, 0.5) is 13.2 Å². The third kappa shape index (κ3) is 3.49. The monoisotopic (exact) mass is 257 g/mol. The van der Waals surface area contributed by atoms with Gasteiger partial charge in [-0.25, -0.2) is 13.1 Å². The molecule has 0 bridgehead atoms. The second-order valence-corrected chi connectivity index (χ2v) is 4.86. The lowest BCUT2D eigenvalue weighted by Crippen LogP contribution is -2.28. The van der Waals surface area contributed by atoms with Crippen molar-refractivity contribution in [2.75, 3.05) is 6.54 Å². The van der Waals surface area contributed by atoms with Crippen LogP contribution in [0.1, 0.15) is 12.1 Å². The molecule has 0 aliphatic carbocycles. The Balaban J connectivity index is 2.64. The van der Waals surface area contributed by atoms with Crippen LogP contribution in [-0.4, -0.2) is 31.3 Å². The predicted molar refractivity (Wildman–Crippen MR) is 49.2 cm³/mol. The number of alkyl halides is 3. The SMILES string of the molecule is Cc1[nH]ncc1S(=O)(=O)NCCC(F)(F)F. The molecular weight excluding hydrogens is 247 g/mol. The van der Waals surface area contributed by atoms with E-state index in [2.05, 4.69) is 10.2 Å². The average molecular weight is 257 g/mol. The topological polar surface area (TPSA) is 74.8 Å². The van der Waals surface area contributed by atoms with Gasteiger partial charge in [-0.15, -0.1) is 0 Å². The minimum absolute atomic E-state index is 0.144. The molecule has 0 unspecified atom stereocenters. The summed E-state index contributed by atoms with van der Waals surface area (Å²) >= 11 is 0. The van der Waals surface area contributed by atoms with Crippen molar-refractivity contribution in [1.29, 1.82) is 0 Å². The van der Waals surface area contributed by atoms with Crippen molar-refractivity contribution in [1.82, 2.24) is 14.9 Å². The molecule has 0 aliphatic heterocycles. The van der Waals surface area contributed by atoms with E-state index >= 15 is 0 Å². The first-order valence-electron chi connectivity index (χ1n) is 4.29. The van der Waals surface area contributed by atoms with E-state index in [-0.39, 0.29) is 10.6 Å². The molecule has 16 heavy (non-hydrogen) atoms. The Morgan fingerprint density at radius 2 is 2.12 bits per heavy atom. The highest BCUT2D eigenvalue weighted by molar-refractivity contribution is 7.89. The maximum absolute atomic E-state index is 11.8. The standard InChI is InChI=1S/C7H10F3N3O2S/c1-5-6(4-11-13-5)16(14,15)12-3-2-7(8,9)10/h4,12H,2-3H2,1H3,(H,11,13). The zero-order chi connectivity index (χ0) is 12.4. The Hall–Kier alpha value is -1.09.